The highest BCUT2D eigenvalue weighted by molar-refractivity contribution is 5.44. The monoisotopic (exact) mass is 242 g/mol. The van der Waals surface area contributed by atoms with Gasteiger partial charge in [-0.1, -0.05) is 30.3 Å². The van der Waals surface area contributed by atoms with Crippen molar-refractivity contribution in [1.29, 1.82) is 0 Å². The molecule has 0 fully saturated rings. The molecule has 0 saturated heterocycles. The zero-order valence-corrected chi connectivity index (χ0v) is 10.6. The fraction of sp³-hybridized carbons (Fsp3) is 0.357. The first-order valence-corrected chi connectivity index (χ1v) is 6.30. The highest BCUT2D eigenvalue weighted by Gasteiger charge is 2.22. The van der Waals surface area contributed by atoms with Gasteiger partial charge in [0.25, 0.3) is 0 Å². The van der Waals surface area contributed by atoms with E-state index in [1.54, 1.807) is 0 Å². The summed E-state index contributed by atoms with van der Waals surface area (Å²) in [5.41, 5.74) is 9.76. The molecule has 1 aromatic carbocycles. The number of nitrogen functional groups attached to an aromatic ring is 1. The zero-order valence-electron chi connectivity index (χ0n) is 10.6. The quantitative estimate of drug-likeness (QED) is 0.869. The van der Waals surface area contributed by atoms with Crippen molar-refractivity contribution < 1.29 is 0 Å². The van der Waals surface area contributed by atoms with Gasteiger partial charge in [0.2, 0.25) is 0 Å². The molecule has 0 saturated carbocycles. The smallest absolute Gasteiger partial charge is 0.149 e. The summed E-state index contributed by atoms with van der Waals surface area (Å²) in [6, 6.07) is 10.6. The van der Waals surface area contributed by atoms with Gasteiger partial charge in [0.1, 0.15) is 5.82 Å². The summed E-state index contributed by atoms with van der Waals surface area (Å²) >= 11 is 0. The van der Waals surface area contributed by atoms with Crippen LogP contribution in [-0.4, -0.2) is 21.2 Å². The number of hydrogen-bond acceptors (Lipinski definition) is 3. The topological polar surface area (TPSA) is 47.1 Å². The lowest BCUT2D eigenvalue weighted by Crippen LogP contribution is -2.31. The van der Waals surface area contributed by atoms with Gasteiger partial charge < -0.3 is 5.73 Å². The van der Waals surface area contributed by atoms with E-state index < -0.39 is 0 Å². The average Bonchev–Trinajstić information content (AvgIpc) is 2.66. The van der Waals surface area contributed by atoms with Crippen molar-refractivity contribution in [3.05, 3.63) is 47.2 Å². The van der Waals surface area contributed by atoms with Crippen LogP contribution in [0.15, 0.2) is 30.3 Å². The minimum atomic E-state index is 0.701. The minimum absolute atomic E-state index is 0.701. The molecule has 2 N–H and O–H groups in total. The maximum atomic E-state index is 5.91. The van der Waals surface area contributed by atoms with Crippen molar-refractivity contribution in [2.24, 2.45) is 7.05 Å². The number of nitrogens with two attached hydrogens (primary N) is 1. The first-order valence-electron chi connectivity index (χ1n) is 6.30. The summed E-state index contributed by atoms with van der Waals surface area (Å²) in [5, 5.41) is 4.30. The Balaban J connectivity index is 1.77. The van der Waals surface area contributed by atoms with Gasteiger partial charge in [0.15, 0.2) is 0 Å². The van der Waals surface area contributed by atoms with Crippen molar-refractivity contribution in [2.45, 2.75) is 19.5 Å². The molecular formula is C14H18N4. The maximum absolute atomic E-state index is 5.91. The molecule has 2 heterocycles. The largest absolute Gasteiger partial charge is 0.382 e. The van der Waals surface area contributed by atoms with E-state index in [0.29, 0.717) is 5.82 Å². The fourth-order valence-electron chi connectivity index (χ4n) is 2.63. The lowest BCUT2D eigenvalue weighted by atomic mass is 10.1. The number of nitrogens with zero attached hydrogens (tertiary/aromatic N) is 3. The van der Waals surface area contributed by atoms with E-state index >= 15 is 0 Å². The Labute approximate surface area is 107 Å². The summed E-state index contributed by atoms with van der Waals surface area (Å²) in [5.74, 6) is 0.701. The van der Waals surface area contributed by atoms with Crippen LogP contribution in [0.3, 0.4) is 0 Å². The highest BCUT2D eigenvalue weighted by Crippen LogP contribution is 2.24. The Morgan fingerprint density at radius 1 is 1.28 bits per heavy atom. The fourth-order valence-corrected chi connectivity index (χ4v) is 2.63. The van der Waals surface area contributed by atoms with Crippen LogP contribution < -0.4 is 5.73 Å². The van der Waals surface area contributed by atoms with Crippen molar-refractivity contribution in [3.8, 4) is 0 Å². The third-order valence-corrected chi connectivity index (χ3v) is 3.61. The number of hydrogen-bond donors (Lipinski definition) is 1. The number of rotatable bonds is 2. The summed E-state index contributed by atoms with van der Waals surface area (Å²) < 4.78 is 1.92. The van der Waals surface area contributed by atoms with Crippen molar-refractivity contribution in [1.82, 2.24) is 14.7 Å². The standard InChI is InChI=1S/C14H18N4/c1-17-13-10-18(8-7-12(13)14(15)16-17)9-11-5-3-2-4-6-11/h2-6H,7-10H2,1H3,(H2,15,16). The van der Waals surface area contributed by atoms with E-state index in [9.17, 15) is 0 Å². The molecule has 2 aromatic rings. The lowest BCUT2D eigenvalue weighted by molar-refractivity contribution is 0.238. The molecule has 1 aliphatic rings. The molecule has 0 atom stereocenters. The van der Waals surface area contributed by atoms with Crippen LogP contribution in [0.25, 0.3) is 0 Å². The van der Waals surface area contributed by atoms with E-state index in [1.807, 2.05) is 11.7 Å². The van der Waals surface area contributed by atoms with Crippen LogP contribution in [0, 0.1) is 0 Å². The van der Waals surface area contributed by atoms with E-state index in [4.69, 9.17) is 5.73 Å². The van der Waals surface area contributed by atoms with Gasteiger partial charge in [-0.2, -0.15) is 5.10 Å². The Hall–Kier alpha value is -1.81. The number of aromatic nitrogens is 2. The first-order chi connectivity index (χ1) is 8.74. The third-order valence-electron chi connectivity index (χ3n) is 3.61. The van der Waals surface area contributed by atoms with Gasteiger partial charge in [0, 0.05) is 32.2 Å². The van der Waals surface area contributed by atoms with Gasteiger partial charge in [-0.15, -0.1) is 0 Å². The van der Waals surface area contributed by atoms with Crippen LogP contribution in [0.1, 0.15) is 16.8 Å². The van der Waals surface area contributed by atoms with Crippen LogP contribution >= 0.6 is 0 Å². The predicted molar refractivity (Wildman–Crippen MR) is 71.9 cm³/mol. The summed E-state index contributed by atoms with van der Waals surface area (Å²) in [6.45, 7) is 2.98. The number of fused-ring (bicyclic) bond motifs is 1. The molecule has 0 bridgehead atoms. The molecule has 1 aliphatic heterocycles. The molecular weight excluding hydrogens is 224 g/mol. The molecule has 1 aromatic heterocycles. The molecule has 0 spiro atoms. The van der Waals surface area contributed by atoms with E-state index in [0.717, 1.165) is 26.1 Å². The Bertz CT molecular complexity index is 544. The second-order valence-electron chi connectivity index (χ2n) is 4.88. The molecule has 0 unspecified atom stereocenters. The van der Waals surface area contributed by atoms with Crippen LogP contribution in [0.2, 0.25) is 0 Å². The Morgan fingerprint density at radius 3 is 2.83 bits per heavy atom. The highest BCUT2D eigenvalue weighted by atomic mass is 15.3. The third kappa shape index (κ3) is 1.99. The Kier molecular flexibility index (Phi) is 2.80. The number of benzene rings is 1. The minimum Gasteiger partial charge on any atom is -0.382 e. The molecule has 0 amide bonds. The zero-order chi connectivity index (χ0) is 12.5. The molecule has 0 aliphatic carbocycles. The summed E-state index contributed by atoms with van der Waals surface area (Å²) in [4.78, 5) is 2.44. The summed E-state index contributed by atoms with van der Waals surface area (Å²) in [6.07, 6.45) is 1.00. The number of anilines is 1. The van der Waals surface area contributed by atoms with Gasteiger partial charge in [-0.3, -0.25) is 9.58 Å². The van der Waals surface area contributed by atoms with Gasteiger partial charge in [-0.05, 0) is 12.0 Å². The average molecular weight is 242 g/mol. The Morgan fingerprint density at radius 2 is 2.06 bits per heavy atom. The summed E-state index contributed by atoms with van der Waals surface area (Å²) in [7, 11) is 1.97. The van der Waals surface area contributed by atoms with Crippen LogP contribution in [-0.2, 0) is 26.6 Å². The number of aryl methyl sites for hydroxylation is 1. The first kappa shape index (κ1) is 11.3. The van der Waals surface area contributed by atoms with Crippen molar-refractivity contribution in [2.75, 3.05) is 12.3 Å². The normalized spacial score (nSPS) is 15.6. The van der Waals surface area contributed by atoms with Gasteiger partial charge in [-0.25, -0.2) is 0 Å². The molecule has 18 heavy (non-hydrogen) atoms. The predicted octanol–water partition coefficient (Wildman–Crippen LogP) is 1.56. The SMILES string of the molecule is Cn1nc(N)c2c1CN(Cc1ccccc1)CC2. The molecule has 94 valence electrons. The second-order valence-corrected chi connectivity index (χ2v) is 4.88. The molecule has 4 heteroatoms. The van der Waals surface area contributed by atoms with Crippen molar-refractivity contribution >= 4 is 5.82 Å². The molecule has 0 radical (unpaired) electrons. The van der Waals surface area contributed by atoms with Crippen LogP contribution in [0.4, 0.5) is 5.82 Å². The van der Waals surface area contributed by atoms with E-state index in [2.05, 4.69) is 40.3 Å². The lowest BCUT2D eigenvalue weighted by Gasteiger charge is -2.27. The van der Waals surface area contributed by atoms with Crippen LogP contribution in [0.5, 0.6) is 0 Å². The molecule has 3 rings (SSSR count). The van der Waals surface area contributed by atoms with Crippen molar-refractivity contribution in [3.63, 3.8) is 0 Å². The second kappa shape index (κ2) is 4.46. The van der Waals surface area contributed by atoms with Gasteiger partial charge in [0.05, 0.1) is 5.69 Å². The van der Waals surface area contributed by atoms with E-state index in [1.165, 1.54) is 16.8 Å². The van der Waals surface area contributed by atoms with E-state index in [-0.39, 0.29) is 0 Å². The molecule has 4 nitrogen and oxygen atoms in total. The maximum Gasteiger partial charge on any atom is 0.149 e. The van der Waals surface area contributed by atoms with Gasteiger partial charge >= 0.3 is 0 Å².